The van der Waals surface area contributed by atoms with Crippen molar-refractivity contribution in [2.24, 2.45) is 0 Å². The quantitative estimate of drug-likeness (QED) is 0.284. The highest BCUT2D eigenvalue weighted by Gasteiger charge is 2.40. The molecule has 1 aliphatic rings. The summed E-state index contributed by atoms with van der Waals surface area (Å²) in [5.74, 6) is -1.57. The van der Waals surface area contributed by atoms with Gasteiger partial charge in [0, 0.05) is 30.4 Å². The molecule has 4 amide bonds. The molecule has 0 fully saturated rings. The van der Waals surface area contributed by atoms with Crippen molar-refractivity contribution in [2.75, 3.05) is 26.1 Å². The van der Waals surface area contributed by atoms with Crippen LogP contribution in [0.15, 0.2) is 72.4 Å². The minimum Gasteiger partial charge on any atom is -0.497 e. The highest BCUT2D eigenvalue weighted by Crippen LogP contribution is 2.32. The van der Waals surface area contributed by atoms with Crippen molar-refractivity contribution in [3.05, 3.63) is 94.8 Å². The van der Waals surface area contributed by atoms with E-state index in [9.17, 15) is 19.2 Å². The molecule has 4 aromatic rings. The molecule has 13 heteroatoms. The van der Waals surface area contributed by atoms with Crippen molar-refractivity contribution in [3.8, 4) is 11.5 Å². The predicted octanol–water partition coefficient (Wildman–Crippen LogP) is 2.96. The van der Waals surface area contributed by atoms with Gasteiger partial charge in [0.25, 0.3) is 17.7 Å². The molecule has 5 rings (SSSR count). The molecule has 0 saturated carbocycles. The fraction of sp³-hybridized carbons (Fsp3) is 0.179. The van der Waals surface area contributed by atoms with Crippen LogP contribution in [0.3, 0.4) is 0 Å². The number of amides is 4. The molecular weight excluding hydrogens is 548 g/mol. The Kier molecular flexibility index (Phi) is 7.97. The van der Waals surface area contributed by atoms with Crippen LogP contribution in [0.5, 0.6) is 11.5 Å². The maximum absolute atomic E-state index is 13.9. The number of nitrogens with zero attached hydrogens (tertiary/aromatic N) is 5. The number of rotatable bonds is 10. The Hall–Kier alpha value is -5.17. The summed E-state index contributed by atoms with van der Waals surface area (Å²) in [6, 6.07) is 13.4. The van der Waals surface area contributed by atoms with Gasteiger partial charge in [-0.05, 0) is 47.4 Å². The van der Waals surface area contributed by atoms with E-state index in [0.29, 0.717) is 22.7 Å². The van der Waals surface area contributed by atoms with Crippen LogP contribution in [0.25, 0.3) is 0 Å². The summed E-state index contributed by atoms with van der Waals surface area (Å²) in [4.78, 5) is 60.1. The zero-order valence-electron chi connectivity index (χ0n) is 22.0. The summed E-state index contributed by atoms with van der Waals surface area (Å²) in [5.41, 5.74) is 1.59. The fourth-order valence-electron chi connectivity index (χ4n) is 4.45. The van der Waals surface area contributed by atoms with Gasteiger partial charge in [-0.2, -0.15) is 0 Å². The third-order valence-corrected chi connectivity index (χ3v) is 6.97. The van der Waals surface area contributed by atoms with E-state index in [1.807, 2.05) is 0 Å². The normalized spacial score (nSPS) is 13.0. The lowest BCUT2D eigenvalue weighted by atomic mass is 10.1. The van der Waals surface area contributed by atoms with Crippen LogP contribution >= 0.6 is 11.5 Å². The Morgan fingerprint density at radius 2 is 1.78 bits per heavy atom. The van der Waals surface area contributed by atoms with E-state index >= 15 is 0 Å². The fourth-order valence-corrected chi connectivity index (χ4v) is 4.92. The largest absolute Gasteiger partial charge is 0.497 e. The number of benzene rings is 2. The lowest BCUT2D eigenvalue weighted by Gasteiger charge is -2.31. The van der Waals surface area contributed by atoms with E-state index in [1.54, 1.807) is 60.2 Å². The summed E-state index contributed by atoms with van der Waals surface area (Å²) in [5, 5.41) is 8.45. The Labute approximate surface area is 238 Å². The molecule has 2 aromatic carbocycles. The summed E-state index contributed by atoms with van der Waals surface area (Å²) in [6.07, 6.45) is 3.14. The average Bonchev–Trinajstić information content (AvgIpc) is 3.61. The van der Waals surface area contributed by atoms with Crippen molar-refractivity contribution in [1.29, 1.82) is 0 Å². The third kappa shape index (κ3) is 5.61. The standard InChI is InChI=1S/C28H24N6O6S/c1-39-18-9-10-21(23(12-18)40-2)30-26(36)25(22-16-41-32-31-22)33(14-17-6-5-11-29-13-17)24(35)15-34-27(37)19-7-3-4-8-20(19)28(34)38/h3-13,16,25H,14-15H2,1-2H3,(H,30,36)/t25-/m0/s1. The lowest BCUT2D eigenvalue weighted by Crippen LogP contribution is -2.47. The highest BCUT2D eigenvalue weighted by molar-refractivity contribution is 7.03. The van der Waals surface area contributed by atoms with E-state index in [4.69, 9.17) is 9.47 Å². The van der Waals surface area contributed by atoms with Gasteiger partial charge in [0.05, 0.1) is 31.0 Å². The van der Waals surface area contributed by atoms with Crippen LogP contribution in [0.1, 0.15) is 38.0 Å². The SMILES string of the molecule is COc1ccc(NC(=O)[C@H](c2csnn2)N(Cc2cccnc2)C(=O)CN2C(=O)c3ccccc3C2=O)c(OC)c1. The second-order valence-electron chi connectivity index (χ2n) is 8.91. The first-order valence-electron chi connectivity index (χ1n) is 12.3. The summed E-state index contributed by atoms with van der Waals surface area (Å²) in [7, 11) is 2.96. The summed E-state index contributed by atoms with van der Waals surface area (Å²) < 4.78 is 14.5. The van der Waals surface area contributed by atoms with Crippen molar-refractivity contribution in [2.45, 2.75) is 12.6 Å². The maximum atomic E-state index is 13.9. The minimum absolute atomic E-state index is 0.0643. The van der Waals surface area contributed by atoms with Gasteiger partial charge in [0.15, 0.2) is 6.04 Å². The number of pyridine rings is 1. The van der Waals surface area contributed by atoms with Crippen molar-refractivity contribution in [3.63, 3.8) is 0 Å². The number of hydrogen-bond donors (Lipinski definition) is 1. The van der Waals surface area contributed by atoms with Gasteiger partial charge < -0.3 is 19.7 Å². The molecule has 1 atom stereocenters. The molecule has 2 aromatic heterocycles. The van der Waals surface area contributed by atoms with E-state index in [-0.39, 0.29) is 23.4 Å². The van der Waals surface area contributed by atoms with Crippen molar-refractivity contribution in [1.82, 2.24) is 24.4 Å². The molecule has 12 nitrogen and oxygen atoms in total. The molecule has 1 aliphatic heterocycles. The van der Waals surface area contributed by atoms with Gasteiger partial charge in [0.1, 0.15) is 23.7 Å². The number of fused-ring (bicyclic) bond motifs is 1. The second-order valence-corrected chi connectivity index (χ2v) is 9.52. The topological polar surface area (TPSA) is 144 Å². The lowest BCUT2D eigenvalue weighted by molar-refractivity contribution is -0.140. The van der Waals surface area contributed by atoms with Crippen LogP contribution in [0.2, 0.25) is 0 Å². The van der Waals surface area contributed by atoms with E-state index in [1.165, 1.54) is 31.3 Å². The number of hydrogen-bond acceptors (Lipinski definition) is 10. The zero-order valence-corrected chi connectivity index (χ0v) is 22.8. The van der Waals surface area contributed by atoms with Crippen molar-refractivity contribution < 1.29 is 28.7 Å². The molecule has 0 spiro atoms. The number of imide groups is 1. The molecule has 41 heavy (non-hydrogen) atoms. The predicted molar refractivity (Wildman–Crippen MR) is 147 cm³/mol. The summed E-state index contributed by atoms with van der Waals surface area (Å²) >= 11 is 1.01. The van der Waals surface area contributed by atoms with Gasteiger partial charge in [-0.25, -0.2) is 0 Å². The number of aromatic nitrogens is 3. The van der Waals surface area contributed by atoms with Gasteiger partial charge in [-0.3, -0.25) is 29.1 Å². The molecular formula is C28H24N6O6S. The van der Waals surface area contributed by atoms with Crippen LogP contribution < -0.4 is 14.8 Å². The van der Waals surface area contributed by atoms with E-state index < -0.39 is 36.2 Å². The second kappa shape index (κ2) is 11.9. The Morgan fingerprint density at radius 1 is 1.02 bits per heavy atom. The number of carbonyl (C=O) groups is 4. The molecule has 208 valence electrons. The molecule has 0 bridgehead atoms. The van der Waals surface area contributed by atoms with E-state index in [2.05, 4.69) is 19.9 Å². The molecule has 0 unspecified atom stereocenters. The van der Waals surface area contributed by atoms with Crippen LogP contribution in [0, 0.1) is 0 Å². The average molecular weight is 573 g/mol. The first-order chi connectivity index (χ1) is 19.9. The Morgan fingerprint density at radius 3 is 2.39 bits per heavy atom. The first kappa shape index (κ1) is 27.4. The number of methoxy groups -OCH3 is 2. The molecule has 0 aliphatic carbocycles. The maximum Gasteiger partial charge on any atom is 0.262 e. The number of nitrogens with one attached hydrogen (secondary N) is 1. The zero-order chi connectivity index (χ0) is 28.9. The van der Waals surface area contributed by atoms with Crippen molar-refractivity contribution >= 4 is 40.8 Å². The summed E-state index contributed by atoms with van der Waals surface area (Å²) in [6.45, 7) is -0.648. The van der Waals surface area contributed by atoms with Gasteiger partial charge in [-0.15, -0.1) is 5.10 Å². The van der Waals surface area contributed by atoms with Gasteiger partial charge >= 0.3 is 0 Å². The molecule has 0 saturated heterocycles. The van der Waals surface area contributed by atoms with Gasteiger partial charge in [0.2, 0.25) is 5.91 Å². The molecule has 1 N–H and O–H groups in total. The van der Waals surface area contributed by atoms with E-state index in [0.717, 1.165) is 16.4 Å². The minimum atomic E-state index is -1.27. The monoisotopic (exact) mass is 572 g/mol. The first-order valence-corrected chi connectivity index (χ1v) is 13.2. The molecule has 0 radical (unpaired) electrons. The Balaban J connectivity index is 1.50. The molecule has 3 heterocycles. The number of carbonyl (C=O) groups excluding carboxylic acids is 4. The Bertz CT molecular complexity index is 1560. The highest BCUT2D eigenvalue weighted by atomic mass is 32.1. The smallest absolute Gasteiger partial charge is 0.262 e. The van der Waals surface area contributed by atoms with Crippen LogP contribution in [0.4, 0.5) is 5.69 Å². The number of ether oxygens (including phenoxy) is 2. The third-order valence-electron chi connectivity index (χ3n) is 6.45. The number of anilines is 1. The van der Waals surface area contributed by atoms with Gasteiger partial charge in [-0.1, -0.05) is 22.7 Å². The van der Waals surface area contributed by atoms with Crippen LogP contribution in [-0.2, 0) is 16.1 Å². The van der Waals surface area contributed by atoms with Crippen LogP contribution in [-0.4, -0.2) is 68.8 Å².